The van der Waals surface area contributed by atoms with Gasteiger partial charge in [0.25, 0.3) is 5.91 Å². The molecule has 0 saturated carbocycles. The van der Waals surface area contributed by atoms with Crippen LogP contribution in [0.5, 0.6) is 0 Å². The Bertz CT molecular complexity index is 506. The molecular formula is C13H15IN2O4. The van der Waals surface area contributed by atoms with Crippen molar-refractivity contribution in [3.05, 3.63) is 29.8 Å². The van der Waals surface area contributed by atoms with Crippen LogP contribution in [0.15, 0.2) is 24.3 Å². The summed E-state index contributed by atoms with van der Waals surface area (Å²) in [5.41, 5.74) is 6.18. The standard InChI is InChI=1S/C13H15IN2O4/c14-16(9-3-1-8(2-4-9)12(15)18)13(19)11-7-10(17)5-6-20-11/h1-4,10-11,17H,5-7H2,(H2,15,18)/t10-,11+/m0/s1. The molecule has 0 unspecified atom stereocenters. The van der Waals surface area contributed by atoms with Gasteiger partial charge in [-0.1, -0.05) is 0 Å². The maximum atomic E-state index is 12.3. The molecule has 1 saturated heterocycles. The Kier molecular flexibility index (Phi) is 4.95. The predicted octanol–water partition coefficient (Wildman–Crippen LogP) is 1.01. The number of hydrogen-bond donors (Lipinski definition) is 2. The van der Waals surface area contributed by atoms with Crippen LogP contribution in [0.4, 0.5) is 5.69 Å². The third-order valence-corrected chi connectivity index (χ3v) is 4.14. The summed E-state index contributed by atoms with van der Waals surface area (Å²) >= 11 is 1.88. The average Bonchev–Trinajstić information content (AvgIpc) is 2.46. The molecule has 1 aromatic rings. The van der Waals surface area contributed by atoms with E-state index in [1.807, 2.05) is 22.9 Å². The van der Waals surface area contributed by atoms with Gasteiger partial charge in [-0.2, -0.15) is 0 Å². The fraction of sp³-hybridized carbons (Fsp3) is 0.385. The van der Waals surface area contributed by atoms with Gasteiger partial charge < -0.3 is 15.6 Å². The number of carbonyl (C=O) groups excluding carboxylic acids is 2. The van der Waals surface area contributed by atoms with Crippen LogP contribution in [0.25, 0.3) is 0 Å². The smallest absolute Gasteiger partial charge is 0.265 e. The van der Waals surface area contributed by atoms with Crippen LogP contribution < -0.4 is 8.85 Å². The van der Waals surface area contributed by atoms with E-state index in [2.05, 4.69) is 0 Å². The fourth-order valence-electron chi connectivity index (χ4n) is 1.96. The summed E-state index contributed by atoms with van der Waals surface area (Å²) in [6.45, 7) is 0.378. The summed E-state index contributed by atoms with van der Waals surface area (Å²) in [5, 5.41) is 9.57. The fourth-order valence-corrected chi connectivity index (χ4v) is 2.59. The Hall–Kier alpha value is -1.19. The number of nitrogens with zero attached hydrogens (tertiary/aromatic N) is 1. The number of hydrogen-bond acceptors (Lipinski definition) is 4. The number of anilines is 1. The van der Waals surface area contributed by atoms with E-state index >= 15 is 0 Å². The number of aliphatic hydroxyl groups is 1. The molecule has 7 heteroatoms. The van der Waals surface area contributed by atoms with Crippen molar-refractivity contribution >= 4 is 40.4 Å². The minimum absolute atomic E-state index is 0.226. The summed E-state index contributed by atoms with van der Waals surface area (Å²) in [6, 6.07) is 6.41. The zero-order valence-corrected chi connectivity index (χ0v) is 12.8. The number of rotatable bonds is 3. The van der Waals surface area contributed by atoms with Gasteiger partial charge in [0, 0.05) is 12.0 Å². The molecule has 2 amide bonds. The Labute approximate surface area is 130 Å². The predicted molar refractivity (Wildman–Crippen MR) is 81.4 cm³/mol. The largest absolute Gasteiger partial charge is 0.393 e. The highest BCUT2D eigenvalue weighted by molar-refractivity contribution is 14.1. The van der Waals surface area contributed by atoms with Gasteiger partial charge in [0.2, 0.25) is 5.91 Å². The number of nitrogens with two attached hydrogens (primary N) is 1. The molecule has 0 bridgehead atoms. The highest BCUT2D eigenvalue weighted by Gasteiger charge is 2.30. The first-order chi connectivity index (χ1) is 9.49. The highest BCUT2D eigenvalue weighted by Crippen LogP contribution is 2.24. The van der Waals surface area contributed by atoms with Gasteiger partial charge in [0.15, 0.2) is 0 Å². The minimum atomic E-state index is -0.633. The van der Waals surface area contributed by atoms with Crippen molar-refractivity contribution in [2.24, 2.45) is 5.73 Å². The number of amides is 2. The van der Waals surface area contributed by atoms with Crippen molar-refractivity contribution in [2.75, 3.05) is 9.72 Å². The molecule has 1 aromatic carbocycles. The second-order valence-electron chi connectivity index (χ2n) is 4.57. The van der Waals surface area contributed by atoms with Gasteiger partial charge in [0.05, 0.1) is 41.3 Å². The van der Waals surface area contributed by atoms with Gasteiger partial charge in [-0.15, -0.1) is 0 Å². The molecular weight excluding hydrogens is 375 g/mol. The van der Waals surface area contributed by atoms with Crippen molar-refractivity contribution < 1.29 is 19.4 Å². The molecule has 0 radical (unpaired) electrons. The summed E-state index contributed by atoms with van der Waals surface area (Å²) in [6.07, 6.45) is -0.276. The first kappa shape index (κ1) is 15.2. The molecule has 3 N–H and O–H groups in total. The van der Waals surface area contributed by atoms with E-state index in [1.165, 1.54) is 3.11 Å². The number of benzene rings is 1. The van der Waals surface area contributed by atoms with Crippen LogP contribution in [0.3, 0.4) is 0 Å². The monoisotopic (exact) mass is 390 g/mol. The van der Waals surface area contributed by atoms with Crippen LogP contribution in [-0.4, -0.2) is 35.7 Å². The van der Waals surface area contributed by atoms with E-state index in [0.29, 0.717) is 30.7 Å². The lowest BCUT2D eigenvalue weighted by atomic mass is 10.1. The maximum Gasteiger partial charge on any atom is 0.265 e. The molecule has 20 heavy (non-hydrogen) atoms. The molecule has 2 atom stereocenters. The van der Waals surface area contributed by atoms with E-state index in [-0.39, 0.29) is 5.91 Å². The van der Waals surface area contributed by atoms with Crippen LogP contribution >= 0.6 is 22.9 Å². The molecule has 2 rings (SSSR count). The zero-order valence-electron chi connectivity index (χ0n) is 10.7. The molecule has 6 nitrogen and oxygen atoms in total. The van der Waals surface area contributed by atoms with Crippen molar-refractivity contribution in [1.82, 2.24) is 0 Å². The van der Waals surface area contributed by atoms with Crippen molar-refractivity contribution in [1.29, 1.82) is 0 Å². The normalized spacial score (nSPS) is 22.3. The Morgan fingerprint density at radius 1 is 1.35 bits per heavy atom. The van der Waals surface area contributed by atoms with E-state index in [0.717, 1.165) is 0 Å². The topological polar surface area (TPSA) is 92.9 Å². The van der Waals surface area contributed by atoms with E-state index in [9.17, 15) is 14.7 Å². The minimum Gasteiger partial charge on any atom is -0.393 e. The molecule has 0 aromatic heterocycles. The first-order valence-corrected chi connectivity index (χ1v) is 7.15. The third-order valence-electron chi connectivity index (χ3n) is 3.10. The molecule has 0 spiro atoms. The lowest BCUT2D eigenvalue weighted by molar-refractivity contribution is -0.135. The second kappa shape index (κ2) is 6.51. The third kappa shape index (κ3) is 3.47. The Morgan fingerprint density at radius 2 is 2.00 bits per heavy atom. The van der Waals surface area contributed by atoms with E-state index in [4.69, 9.17) is 10.5 Å². The SMILES string of the molecule is NC(=O)c1ccc(N(I)C(=O)[C@H]2C[C@@H](O)CCO2)cc1. The first-order valence-electron chi connectivity index (χ1n) is 6.18. The number of primary amides is 1. The highest BCUT2D eigenvalue weighted by atomic mass is 127. The van der Waals surface area contributed by atoms with Crippen molar-refractivity contribution in [3.8, 4) is 0 Å². The number of aliphatic hydroxyl groups excluding tert-OH is 1. The summed E-state index contributed by atoms with van der Waals surface area (Å²) in [4.78, 5) is 23.2. The van der Waals surface area contributed by atoms with Gasteiger partial charge in [-0.25, -0.2) is 0 Å². The Morgan fingerprint density at radius 3 is 2.55 bits per heavy atom. The van der Waals surface area contributed by atoms with Crippen LogP contribution in [0, 0.1) is 0 Å². The van der Waals surface area contributed by atoms with Crippen LogP contribution in [0.2, 0.25) is 0 Å². The zero-order chi connectivity index (χ0) is 14.7. The number of halogens is 1. The lowest BCUT2D eigenvalue weighted by Crippen LogP contribution is -2.40. The van der Waals surface area contributed by atoms with Crippen molar-refractivity contribution in [3.63, 3.8) is 0 Å². The van der Waals surface area contributed by atoms with Gasteiger partial charge in [0.1, 0.15) is 6.10 Å². The second-order valence-corrected chi connectivity index (χ2v) is 5.53. The summed E-state index contributed by atoms with van der Waals surface area (Å²) < 4.78 is 6.81. The molecule has 1 fully saturated rings. The Balaban J connectivity index is 2.07. The number of carbonyl (C=O) groups is 2. The van der Waals surface area contributed by atoms with E-state index < -0.39 is 18.1 Å². The molecule has 1 aliphatic heterocycles. The molecule has 0 aliphatic carbocycles. The summed E-state index contributed by atoms with van der Waals surface area (Å²) in [7, 11) is 0. The maximum absolute atomic E-state index is 12.3. The average molecular weight is 390 g/mol. The quantitative estimate of drug-likeness (QED) is 0.595. The van der Waals surface area contributed by atoms with E-state index in [1.54, 1.807) is 24.3 Å². The molecule has 1 aliphatic rings. The molecule has 1 heterocycles. The number of ether oxygens (including phenoxy) is 1. The van der Waals surface area contributed by atoms with Gasteiger partial charge >= 0.3 is 0 Å². The van der Waals surface area contributed by atoms with Crippen molar-refractivity contribution in [2.45, 2.75) is 25.0 Å². The molecule has 108 valence electrons. The van der Waals surface area contributed by atoms with Gasteiger partial charge in [-0.05, 0) is 30.7 Å². The lowest BCUT2D eigenvalue weighted by Gasteiger charge is -2.28. The van der Waals surface area contributed by atoms with Crippen LogP contribution in [-0.2, 0) is 9.53 Å². The van der Waals surface area contributed by atoms with Gasteiger partial charge in [-0.3, -0.25) is 12.7 Å². The summed E-state index contributed by atoms with van der Waals surface area (Å²) in [5.74, 6) is -0.738. The van der Waals surface area contributed by atoms with Crippen LogP contribution in [0.1, 0.15) is 23.2 Å².